The summed E-state index contributed by atoms with van der Waals surface area (Å²) in [5.41, 5.74) is 7.02. The number of amides is 1. The van der Waals surface area contributed by atoms with Crippen LogP contribution in [0.5, 0.6) is 0 Å². The highest BCUT2D eigenvalue weighted by molar-refractivity contribution is 5.78. The Balaban J connectivity index is 1.86. The number of nitrogens with zero attached hydrogens (tertiary/aromatic N) is 5. The van der Waals surface area contributed by atoms with Crippen molar-refractivity contribution in [2.75, 3.05) is 11.4 Å². The number of rotatable bonds is 6. The van der Waals surface area contributed by atoms with E-state index in [0.29, 0.717) is 23.7 Å². The second-order valence-corrected chi connectivity index (χ2v) is 8.38. The predicted molar refractivity (Wildman–Crippen MR) is 120 cm³/mol. The molecule has 0 bridgehead atoms. The van der Waals surface area contributed by atoms with Gasteiger partial charge in [0.05, 0.1) is 0 Å². The highest BCUT2D eigenvalue weighted by Gasteiger charge is 2.30. The van der Waals surface area contributed by atoms with Gasteiger partial charge in [-0.2, -0.15) is 4.98 Å². The van der Waals surface area contributed by atoms with Crippen molar-refractivity contribution in [2.45, 2.75) is 46.2 Å². The van der Waals surface area contributed by atoms with E-state index in [1.807, 2.05) is 4.57 Å². The van der Waals surface area contributed by atoms with Gasteiger partial charge in [0.25, 0.3) is 5.56 Å². The van der Waals surface area contributed by atoms with E-state index in [4.69, 9.17) is 5.73 Å². The zero-order valence-electron chi connectivity index (χ0n) is 18.2. The molecule has 9 heteroatoms. The Bertz CT molecular complexity index is 1250. The summed E-state index contributed by atoms with van der Waals surface area (Å²) in [5, 5.41) is 0. The zero-order chi connectivity index (χ0) is 22.3. The van der Waals surface area contributed by atoms with Crippen LogP contribution in [0.2, 0.25) is 0 Å². The van der Waals surface area contributed by atoms with Crippen LogP contribution in [0.25, 0.3) is 11.2 Å². The predicted octanol–water partition coefficient (Wildman–Crippen LogP) is 1.51. The third-order valence-corrected chi connectivity index (χ3v) is 5.82. The Labute approximate surface area is 179 Å². The molecule has 0 saturated carbocycles. The molecule has 3 aromatic rings. The lowest BCUT2D eigenvalue weighted by atomic mass is 10.1. The van der Waals surface area contributed by atoms with E-state index < -0.39 is 23.7 Å². The van der Waals surface area contributed by atoms with Gasteiger partial charge in [-0.1, -0.05) is 32.4 Å². The minimum Gasteiger partial charge on any atom is -0.368 e. The van der Waals surface area contributed by atoms with Gasteiger partial charge in [-0.3, -0.25) is 14.2 Å². The summed E-state index contributed by atoms with van der Waals surface area (Å²) >= 11 is 0. The first-order valence-electron chi connectivity index (χ1n) is 10.7. The number of benzene rings is 1. The van der Waals surface area contributed by atoms with Crippen LogP contribution in [0.1, 0.15) is 32.3 Å². The van der Waals surface area contributed by atoms with Crippen LogP contribution >= 0.6 is 0 Å². The molecule has 2 N–H and O–H groups in total. The molecule has 2 aromatic heterocycles. The van der Waals surface area contributed by atoms with Crippen molar-refractivity contribution in [1.29, 1.82) is 0 Å². The van der Waals surface area contributed by atoms with Gasteiger partial charge in [0.2, 0.25) is 11.9 Å². The van der Waals surface area contributed by atoms with E-state index in [9.17, 15) is 14.4 Å². The van der Waals surface area contributed by atoms with Gasteiger partial charge in [-0.15, -0.1) is 0 Å². The van der Waals surface area contributed by atoms with E-state index in [2.05, 4.69) is 48.0 Å². The Morgan fingerprint density at radius 2 is 1.90 bits per heavy atom. The molecule has 9 nitrogen and oxygen atoms in total. The Morgan fingerprint density at radius 3 is 2.55 bits per heavy atom. The molecule has 1 amide bonds. The molecule has 164 valence electrons. The van der Waals surface area contributed by atoms with E-state index in [-0.39, 0.29) is 5.92 Å². The van der Waals surface area contributed by atoms with E-state index >= 15 is 0 Å². The van der Waals surface area contributed by atoms with Crippen LogP contribution in [0.15, 0.2) is 33.9 Å². The number of unbranched alkanes of at least 4 members (excludes halogenated alkanes) is 1. The van der Waals surface area contributed by atoms with Crippen LogP contribution in [0, 0.1) is 5.92 Å². The fraction of sp³-hybridized carbons (Fsp3) is 0.455. The van der Waals surface area contributed by atoms with Crippen molar-refractivity contribution in [2.24, 2.45) is 18.7 Å². The van der Waals surface area contributed by atoms with Gasteiger partial charge in [0, 0.05) is 25.8 Å². The SMILES string of the molecule is CCCCc1ccc(N2C[C@@H](C)Cn3c2nc2c3c(=O)n(CC(N)=O)c(=O)n2C)cc1. The van der Waals surface area contributed by atoms with E-state index in [1.54, 1.807) is 7.05 Å². The highest BCUT2D eigenvalue weighted by atomic mass is 16.2. The molecule has 0 radical (unpaired) electrons. The average Bonchev–Trinajstić information content (AvgIpc) is 3.13. The van der Waals surface area contributed by atoms with Gasteiger partial charge >= 0.3 is 5.69 Å². The largest absolute Gasteiger partial charge is 0.368 e. The van der Waals surface area contributed by atoms with Crippen LogP contribution in [0.4, 0.5) is 11.6 Å². The summed E-state index contributed by atoms with van der Waals surface area (Å²) in [6.07, 6.45) is 3.36. The minimum absolute atomic E-state index is 0.255. The third kappa shape index (κ3) is 3.64. The lowest BCUT2D eigenvalue weighted by molar-refractivity contribution is -0.118. The molecular formula is C22H28N6O3. The second-order valence-electron chi connectivity index (χ2n) is 8.38. The quantitative estimate of drug-likeness (QED) is 0.645. The number of hydrogen-bond acceptors (Lipinski definition) is 5. The molecule has 1 aromatic carbocycles. The van der Waals surface area contributed by atoms with Gasteiger partial charge in [0.15, 0.2) is 11.2 Å². The molecule has 0 fully saturated rings. The summed E-state index contributed by atoms with van der Waals surface area (Å²) in [5.74, 6) is 0.138. The number of aryl methyl sites for hydroxylation is 2. The van der Waals surface area contributed by atoms with Crippen molar-refractivity contribution >= 4 is 28.7 Å². The number of primary amides is 1. The van der Waals surface area contributed by atoms with Crippen LogP contribution < -0.4 is 21.9 Å². The van der Waals surface area contributed by atoms with E-state index in [1.165, 1.54) is 10.1 Å². The summed E-state index contributed by atoms with van der Waals surface area (Å²) in [6, 6.07) is 8.42. The molecule has 4 rings (SSSR count). The fourth-order valence-corrected chi connectivity index (χ4v) is 4.24. The number of fused-ring (bicyclic) bond motifs is 3. The van der Waals surface area contributed by atoms with Gasteiger partial charge in [0.1, 0.15) is 6.54 Å². The first kappa shape index (κ1) is 20.9. The van der Waals surface area contributed by atoms with Gasteiger partial charge in [-0.05, 0) is 36.5 Å². The highest BCUT2D eigenvalue weighted by Crippen LogP contribution is 2.33. The summed E-state index contributed by atoms with van der Waals surface area (Å²) in [7, 11) is 1.55. The smallest absolute Gasteiger partial charge is 0.332 e. The number of imidazole rings is 1. The maximum absolute atomic E-state index is 13.1. The number of carbonyl (C=O) groups excluding carboxylic acids is 1. The first-order chi connectivity index (χ1) is 14.8. The average molecular weight is 425 g/mol. The minimum atomic E-state index is -0.741. The zero-order valence-corrected chi connectivity index (χ0v) is 18.2. The Morgan fingerprint density at radius 1 is 1.19 bits per heavy atom. The summed E-state index contributed by atoms with van der Waals surface area (Å²) in [4.78, 5) is 44.0. The number of nitrogens with two attached hydrogens (primary N) is 1. The lowest BCUT2D eigenvalue weighted by Gasteiger charge is -2.33. The van der Waals surface area contributed by atoms with Crippen LogP contribution in [0.3, 0.4) is 0 Å². The standard InChI is InChI=1S/C22H28N6O3/c1-4-5-6-15-7-9-16(10-8-15)26-11-14(2)12-27-18-19(24-21(26)27)25(3)22(31)28(20(18)30)13-17(23)29/h7-10,14H,4-6,11-13H2,1-3H3,(H2,23,29)/t14-/m1/s1. The fourth-order valence-electron chi connectivity index (χ4n) is 4.24. The lowest BCUT2D eigenvalue weighted by Crippen LogP contribution is -2.43. The third-order valence-electron chi connectivity index (χ3n) is 5.82. The topological polar surface area (TPSA) is 108 Å². The molecule has 1 aliphatic rings. The van der Waals surface area contributed by atoms with Gasteiger partial charge in [-0.25, -0.2) is 9.36 Å². The normalized spacial score (nSPS) is 16.0. The molecule has 0 saturated heterocycles. The molecular weight excluding hydrogens is 396 g/mol. The van der Waals surface area contributed by atoms with Crippen molar-refractivity contribution in [3.63, 3.8) is 0 Å². The molecule has 0 aliphatic carbocycles. The van der Waals surface area contributed by atoms with Crippen molar-refractivity contribution in [1.82, 2.24) is 18.7 Å². The van der Waals surface area contributed by atoms with Crippen molar-refractivity contribution in [3.8, 4) is 0 Å². The number of carbonyl (C=O) groups is 1. The van der Waals surface area contributed by atoms with Crippen LogP contribution in [-0.2, 0) is 31.4 Å². The van der Waals surface area contributed by atoms with Crippen molar-refractivity contribution < 1.29 is 4.79 Å². The number of hydrogen-bond donors (Lipinski definition) is 1. The Kier molecular flexibility index (Phi) is 5.43. The molecule has 1 aliphatic heterocycles. The first-order valence-corrected chi connectivity index (χ1v) is 10.7. The molecule has 1 atom stereocenters. The van der Waals surface area contributed by atoms with Crippen molar-refractivity contribution in [3.05, 3.63) is 50.7 Å². The van der Waals surface area contributed by atoms with Crippen LogP contribution in [-0.4, -0.2) is 31.1 Å². The summed E-state index contributed by atoms with van der Waals surface area (Å²) in [6.45, 7) is 5.18. The maximum Gasteiger partial charge on any atom is 0.332 e. The summed E-state index contributed by atoms with van der Waals surface area (Å²) < 4.78 is 4.04. The molecule has 0 spiro atoms. The van der Waals surface area contributed by atoms with Gasteiger partial charge < -0.3 is 15.2 Å². The number of aromatic nitrogens is 4. The monoisotopic (exact) mass is 424 g/mol. The second kappa shape index (κ2) is 8.05. The van der Waals surface area contributed by atoms with E-state index in [0.717, 1.165) is 36.1 Å². The molecule has 31 heavy (non-hydrogen) atoms. The molecule has 0 unspecified atom stereocenters. The Hall–Kier alpha value is -3.36. The number of anilines is 2. The molecule has 3 heterocycles. The maximum atomic E-state index is 13.1.